The van der Waals surface area contributed by atoms with Crippen LogP contribution in [0.15, 0.2) is 0 Å². The Morgan fingerprint density at radius 2 is 2.29 bits per heavy atom. The number of nitrogens with zero attached hydrogens (tertiary/aromatic N) is 1. The van der Waals surface area contributed by atoms with Crippen molar-refractivity contribution < 1.29 is 9.90 Å². The third-order valence-corrected chi connectivity index (χ3v) is 2.96. The predicted octanol–water partition coefficient (Wildman–Crippen LogP) is 2.12. The van der Waals surface area contributed by atoms with Crippen LogP contribution in [0, 0.1) is 0 Å². The number of carbonyl (C=O) groups is 1. The van der Waals surface area contributed by atoms with E-state index in [9.17, 15) is 4.79 Å². The van der Waals surface area contributed by atoms with Crippen LogP contribution >= 0.6 is 0 Å². The van der Waals surface area contributed by atoms with Crippen LogP contribution in [0.25, 0.3) is 0 Å². The van der Waals surface area contributed by atoms with Gasteiger partial charge >= 0.3 is 5.97 Å². The summed E-state index contributed by atoms with van der Waals surface area (Å²) >= 11 is 0. The van der Waals surface area contributed by atoms with Gasteiger partial charge in [-0.2, -0.15) is 0 Å². The molecule has 1 N–H and O–H groups in total. The van der Waals surface area contributed by atoms with Gasteiger partial charge < -0.3 is 5.11 Å². The highest BCUT2D eigenvalue weighted by Gasteiger charge is 2.23. The lowest BCUT2D eigenvalue weighted by atomic mass is 9.99. The molecule has 0 aromatic heterocycles. The Bertz CT molecular complexity index is 182. The van der Waals surface area contributed by atoms with Crippen molar-refractivity contribution in [3.63, 3.8) is 0 Å². The number of hydrogen-bond acceptors (Lipinski definition) is 2. The van der Waals surface area contributed by atoms with Crippen molar-refractivity contribution in [3.8, 4) is 0 Å². The molecule has 1 aliphatic rings. The van der Waals surface area contributed by atoms with E-state index in [0.717, 1.165) is 19.5 Å². The number of carboxylic acids is 1. The normalized spacial score (nSPS) is 23.6. The third kappa shape index (κ3) is 3.66. The summed E-state index contributed by atoms with van der Waals surface area (Å²) in [5, 5.41) is 8.78. The first-order valence-electron chi connectivity index (χ1n) is 5.70. The second-order valence-electron chi connectivity index (χ2n) is 4.14. The van der Waals surface area contributed by atoms with Crippen molar-refractivity contribution in [1.82, 2.24) is 4.90 Å². The average Bonchev–Trinajstić information content (AvgIpc) is 2.16. The summed E-state index contributed by atoms with van der Waals surface area (Å²) in [6, 6.07) is 0.299. The quantitative estimate of drug-likeness (QED) is 0.737. The highest BCUT2D eigenvalue weighted by atomic mass is 16.4. The van der Waals surface area contributed by atoms with E-state index in [-0.39, 0.29) is 0 Å². The van der Waals surface area contributed by atoms with Gasteiger partial charge in [-0.05, 0) is 32.4 Å². The minimum absolute atomic E-state index is 0.299. The summed E-state index contributed by atoms with van der Waals surface area (Å²) in [4.78, 5) is 13.0. The fourth-order valence-corrected chi connectivity index (χ4v) is 2.15. The van der Waals surface area contributed by atoms with Crippen LogP contribution in [-0.4, -0.2) is 35.1 Å². The van der Waals surface area contributed by atoms with Gasteiger partial charge in [0.2, 0.25) is 0 Å². The standard InChI is InChI=1S/C11H21NO2/c1-2-3-7-12-8-5-4-6-10(12)9-11(13)14/h10H,2-9H2,1H3,(H,13,14)/t10-/m0/s1. The predicted molar refractivity (Wildman–Crippen MR) is 56.4 cm³/mol. The van der Waals surface area contributed by atoms with Gasteiger partial charge in [-0.25, -0.2) is 0 Å². The molecular formula is C11H21NO2. The van der Waals surface area contributed by atoms with E-state index in [1.54, 1.807) is 0 Å². The topological polar surface area (TPSA) is 40.5 Å². The molecule has 1 heterocycles. The summed E-state index contributed by atoms with van der Waals surface area (Å²) in [6.07, 6.45) is 6.20. The molecule has 14 heavy (non-hydrogen) atoms. The fraction of sp³-hybridized carbons (Fsp3) is 0.909. The summed E-state index contributed by atoms with van der Waals surface area (Å²) < 4.78 is 0. The van der Waals surface area contributed by atoms with Crippen LogP contribution in [0.1, 0.15) is 45.4 Å². The molecule has 0 amide bonds. The van der Waals surface area contributed by atoms with E-state index >= 15 is 0 Å². The third-order valence-electron chi connectivity index (χ3n) is 2.96. The molecule has 0 saturated carbocycles. The van der Waals surface area contributed by atoms with Crippen molar-refractivity contribution >= 4 is 5.97 Å². The largest absolute Gasteiger partial charge is 0.481 e. The highest BCUT2D eigenvalue weighted by Crippen LogP contribution is 2.19. The van der Waals surface area contributed by atoms with Gasteiger partial charge in [-0.3, -0.25) is 9.69 Å². The van der Waals surface area contributed by atoms with Crippen LogP contribution in [0.3, 0.4) is 0 Å². The average molecular weight is 199 g/mol. The van der Waals surface area contributed by atoms with Gasteiger partial charge in [0.15, 0.2) is 0 Å². The maximum absolute atomic E-state index is 10.7. The molecular weight excluding hydrogens is 178 g/mol. The van der Waals surface area contributed by atoms with Crippen molar-refractivity contribution in [2.45, 2.75) is 51.5 Å². The van der Waals surface area contributed by atoms with E-state index in [0.29, 0.717) is 12.5 Å². The van der Waals surface area contributed by atoms with Gasteiger partial charge in [0, 0.05) is 6.04 Å². The fourth-order valence-electron chi connectivity index (χ4n) is 2.15. The van der Waals surface area contributed by atoms with Crippen LogP contribution < -0.4 is 0 Å². The van der Waals surface area contributed by atoms with Gasteiger partial charge in [0.05, 0.1) is 6.42 Å². The summed E-state index contributed by atoms with van der Waals surface area (Å²) in [6.45, 7) is 4.35. The zero-order valence-corrected chi connectivity index (χ0v) is 9.04. The molecule has 0 aromatic rings. The second-order valence-corrected chi connectivity index (χ2v) is 4.14. The number of carboxylic acid groups (broad SMARTS) is 1. The molecule has 82 valence electrons. The Morgan fingerprint density at radius 3 is 2.93 bits per heavy atom. The molecule has 3 nitrogen and oxygen atoms in total. The molecule has 1 aliphatic heterocycles. The SMILES string of the molecule is CCCCN1CCCC[C@H]1CC(=O)O. The van der Waals surface area contributed by atoms with Gasteiger partial charge in [-0.15, -0.1) is 0 Å². The van der Waals surface area contributed by atoms with E-state index in [4.69, 9.17) is 5.11 Å². The van der Waals surface area contributed by atoms with Gasteiger partial charge in [-0.1, -0.05) is 19.8 Å². The van der Waals surface area contributed by atoms with Gasteiger partial charge in [0.25, 0.3) is 0 Å². The molecule has 0 radical (unpaired) electrons. The molecule has 1 saturated heterocycles. The lowest BCUT2D eigenvalue weighted by Crippen LogP contribution is -2.41. The van der Waals surface area contributed by atoms with E-state index in [1.807, 2.05) is 0 Å². The van der Waals surface area contributed by atoms with Crippen molar-refractivity contribution in [2.75, 3.05) is 13.1 Å². The Balaban J connectivity index is 2.37. The monoisotopic (exact) mass is 199 g/mol. The first-order valence-corrected chi connectivity index (χ1v) is 5.70. The number of piperidine rings is 1. The summed E-state index contributed by atoms with van der Waals surface area (Å²) in [7, 11) is 0. The number of rotatable bonds is 5. The van der Waals surface area contributed by atoms with E-state index in [2.05, 4.69) is 11.8 Å². The van der Waals surface area contributed by atoms with Crippen LogP contribution in [0.4, 0.5) is 0 Å². The second kappa shape index (κ2) is 6.02. The van der Waals surface area contributed by atoms with Crippen LogP contribution in [0.5, 0.6) is 0 Å². The van der Waals surface area contributed by atoms with E-state index in [1.165, 1.54) is 25.7 Å². The van der Waals surface area contributed by atoms with Crippen molar-refractivity contribution in [1.29, 1.82) is 0 Å². The molecule has 0 unspecified atom stereocenters. The molecule has 0 aromatic carbocycles. The lowest BCUT2D eigenvalue weighted by molar-refractivity contribution is -0.138. The number of aliphatic carboxylic acids is 1. The highest BCUT2D eigenvalue weighted by molar-refractivity contribution is 5.67. The number of hydrogen-bond donors (Lipinski definition) is 1. The zero-order chi connectivity index (χ0) is 10.4. The lowest BCUT2D eigenvalue weighted by Gasteiger charge is -2.34. The maximum atomic E-state index is 10.7. The molecule has 1 rings (SSSR count). The Labute approximate surface area is 86.1 Å². The first-order chi connectivity index (χ1) is 6.74. The minimum Gasteiger partial charge on any atom is -0.481 e. The van der Waals surface area contributed by atoms with Crippen LogP contribution in [0.2, 0.25) is 0 Å². The summed E-state index contributed by atoms with van der Waals surface area (Å²) in [5.74, 6) is -0.654. The Morgan fingerprint density at radius 1 is 1.50 bits per heavy atom. The summed E-state index contributed by atoms with van der Waals surface area (Å²) in [5.41, 5.74) is 0. The Kier molecular flexibility index (Phi) is 4.94. The molecule has 3 heteroatoms. The molecule has 0 bridgehead atoms. The first kappa shape index (κ1) is 11.5. The smallest absolute Gasteiger partial charge is 0.304 e. The molecule has 0 aliphatic carbocycles. The maximum Gasteiger partial charge on any atom is 0.304 e. The molecule has 1 atom stereocenters. The molecule has 0 spiro atoms. The Hall–Kier alpha value is -0.570. The molecule has 1 fully saturated rings. The van der Waals surface area contributed by atoms with Gasteiger partial charge in [0.1, 0.15) is 0 Å². The number of unbranched alkanes of at least 4 members (excludes halogenated alkanes) is 1. The minimum atomic E-state index is -0.654. The van der Waals surface area contributed by atoms with Crippen LogP contribution in [-0.2, 0) is 4.79 Å². The zero-order valence-electron chi connectivity index (χ0n) is 9.04. The van der Waals surface area contributed by atoms with E-state index < -0.39 is 5.97 Å². The van der Waals surface area contributed by atoms with Crippen molar-refractivity contribution in [2.24, 2.45) is 0 Å². The number of likely N-dealkylation sites (tertiary alicyclic amines) is 1. The van der Waals surface area contributed by atoms with Crippen molar-refractivity contribution in [3.05, 3.63) is 0 Å².